The standard InChI is InChI=1S/C19H9F8N3O2/c20-11-3-1-9(2-4-11)15(31)12-7-10(18(22,23)24)8-13(21)14(12)30-6-5-28-17(30)29-16(32)19(25,26)27/h1-8H,(H,28,29,32). The fraction of sp³-hybridized carbons (Fsp3) is 0.105. The summed E-state index contributed by atoms with van der Waals surface area (Å²) in [5.41, 5.74) is -3.69. The van der Waals surface area contributed by atoms with Crippen LogP contribution >= 0.6 is 0 Å². The number of rotatable bonds is 4. The van der Waals surface area contributed by atoms with Gasteiger partial charge in [0.05, 0.1) is 16.8 Å². The molecule has 5 nitrogen and oxygen atoms in total. The number of amides is 1. The third-order valence-corrected chi connectivity index (χ3v) is 4.11. The molecule has 0 aliphatic heterocycles. The van der Waals surface area contributed by atoms with Crippen LogP contribution in [0.5, 0.6) is 0 Å². The van der Waals surface area contributed by atoms with E-state index in [2.05, 4.69) is 4.98 Å². The van der Waals surface area contributed by atoms with Gasteiger partial charge in [-0.15, -0.1) is 0 Å². The number of benzene rings is 2. The van der Waals surface area contributed by atoms with Crippen LogP contribution in [0.25, 0.3) is 5.69 Å². The van der Waals surface area contributed by atoms with E-state index in [4.69, 9.17) is 0 Å². The molecule has 1 amide bonds. The van der Waals surface area contributed by atoms with E-state index in [-0.39, 0.29) is 11.6 Å². The number of carbonyl (C=O) groups excluding carboxylic acids is 2. The van der Waals surface area contributed by atoms with Crippen LogP contribution in [-0.4, -0.2) is 27.4 Å². The molecule has 168 valence electrons. The molecule has 0 fully saturated rings. The van der Waals surface area contributed by atoms with Gasteiger partial charge in [-0.05, 0) is 36.4 Å². The van der Waals surface area contributed by atoms with Crippen molar-refractivity contribution in [2.24, 2.45) is 0 Å². The fourth-order valence-electron chi connectivity index (χ4n) is 2.69. The van der Waals surface area contributed by atoms with E-state index in [0.29, 0.717) is 10.6 Å². The number of ketones is 1. The topological polar surface area (TPSA) is 64.0 Å². The smallest absolute Gasteiger partial charge is 0.289 e. The Morgan fingerprint density at radius 1 is 0.938 bits per heavy atom. The highest BCUT2D eigenvalue weighted by atomic mass is 19.4. The number of nitrogens with zero attached hydrogens (tertiary/aromatic N) is 2. The van der Waals surface area contributed by atoms with Gasteiger partial charge in [0, 0.05) is 18.0 Å². The second kappa shape index (κ2) is 8.05. The molecule has 0 bridgehead atoms. The van der Waals surface area contributed by atoms with Crippen molar-refractivity contribution in [3.8, 4) is 5.69 Å². The molecule has 0 aliphatic carbocycles. The van der Waals surface area contributed by atoms with Gasteiger partial charge in [-0.1, -0.05) is 0 Å². The number of imidazole rings is 1. The Bertz CT molecular complexity index is 1180. The third kappa shape index (κ3) is 4.60. The minimum atomic E-state index is -5.35. The monoisotopic (exact) mass is 463 g/mol. The highest BCUT2D eigenvalue weighted by Crippen LogP contribution is 2.35. The van der Waals surface area contributed by atoms with Crippen LogP contribution < -0.4 is 5.32 Å². The van der Waals surface area contributed by atoms with E-state index < -0.39 is 58.4 Å². The van der Waals surface area contributed by atoms with Crippen LogP contribution in [0.1, 0.15) is 21.5 Å². The summed E-state index contributed by atoms with van der Waals surface area (Å²) < 4.78 is 106. The maximum atomic E-state index is 14.8. The van der Waals surface area contributed by atoms with Crippen LogP contribution in [0.4, 0.5) is 41.1 Å². The van der Waals surface area contributed by atoms with Crippen molar-refractivity contribution in [2.75, 3.05) is 5.32 Å². The van der Waals surface area contributed by atoms with Gasteiger partial charge in [0.15, 0.2) is 5.78 Å². The summed E-state index contributed by atoms with van der Waals surface area (Å²) in [6.45, 7) is 0. The van der Waals surface area contributed by atoms with Crippen LogP contribution in [0.3, 0.4) is 0 Å². The predicted octanol–water partition coefficient (Wildman–Crippen LogP) is 4.90. The zero-order valence-electron chi connectivity index (χ0n) is 15.4. The average molecular weight is 463 g/mol. The number of aromatic nitrogens is 2. The average Bonchev–Trinajstić information content (AvgIpc) is 3.13. The maximum absolute atomic E-state index is 14.8. The summed E-state index contributed by atoms with van der Waals surface area (Å²) in [7, 11) is 0. The van der Waals surface area contributed by atoms with Gasteiger partial charge in [0.25, 0.3) is 0 Å². The van der Waals surface area contributed by atoms with E-state index >= 15 is 0 Å². The molecule has 1 aromatic heterocycles. The quantitative estimate of drug-likeness (QED) is 0.442. The largest absolute Gasteiger partial charge is 0.471 e. The van der Waals surface area contributed by atoms with Gasteiger partial charge < -0.3 is 0 Å². The molecule has 0 unspecified atom stereocenters. The molecule has 1 N–H and O–H groups in total. The lowest BCUT2D eigenvalue weighted by Gasteiger charge is -2.17. The second-order valence-corrected chi connectivity index (χ2v) is 6.26. The van der Waals surface area contributed by atoms with Crippen molar-refractivity contribution < 1.29 is 44.7 Å². The van der Waals surface area contributed by atoms with Crippen LogP contribution in [-0.2, 0) is 11.0 Å². The van der Waals surface area contributed by atoms with E-state index in [1.165, 1.54) is 5.32 Å². The van der Waals surface area contributed by atoms with E-state index in [9.17, 15) is 44.7 Å². The Morgan fingerprint density at radius 3 is 2.12 bits per heavy atom. The first-order valence-corrected chi connectivity index (χ1v) is 8.42. The molecule has 13 heteroatoms. The minimum absolute atomic E-state index is 0.0339. The van der Waals surface area contributed by atoms with Crippen LogP contribution in [0.15, 0.2) is 48.8 Å². The fourth-order valence-corrected chi connectivity index (χ4v) is 2.69. The molecule has 32 heavy (non-hydrogen) atoms. The second-order valence-electron chi connectivity index (χ2n) is 6.26. The Labute approximate surface area is 173 Å². The Kier molecular flexibility index (Phi) is 5.76. The zero-order chi connectivity index (χ0) is 23.8. The summed E-state index contributed by atoms with van der Waals surface area (Å²) in [5.74, 6) is -6.97. The van der Waals surface area contributed by atoms with Crippen LogP contribution in [0.2, 0.25) is 0 Å². The molecule has 3 aromatic rings. The first-order valence-electron chi connectivity index (χ1n) is 8.42. The lowest BCUT2D eigenvalue weighted by atomic mass is 9.98. The summed E-state index contributed by atoms with van der Waals surface area (Å²) in [4.78, 5) is 27.5. The summed E-state index contributed by atoms with van der Waals surface area (Å²) in [6.07, 6.45) is -8.75. The van der Waals surface area contributed by atoms with E-state index in [1.807, 2.05) is 0 Å². The summed E-state index contributed by atoms with van der Waals surface area (Å²) >= 11 is 0. The predicted molar refractivity (Wildman–Crippen MR) is 93.0 cm³/mol. The highest BCUT2D eigenvalue weighted by Gasteiger charge is 2.40. The summed E-state index contributed by atoms with van der Waals surface area (Å²) in [5, 5.41) is 1.35. The molecule has 0 atom stereocenters. The van der Waals surface area contributed by atoms with Crippen LogP contribution in [0, 0.1) is 11.6 Å². The highest BCUT2D eigenvalue weighted by molar-refractivity contribution is 6.11. The number of hydrogen-bond acceptors (Lipinski definition) is 3. The molecular weight excluding hydrogens is 454 g/mol. The van der Waals surface area contributed by atoms with Crippen molar-refractivity contribution in [3.05, 3.63) is 77.1 Å². The SMILES string of the molecule is O=C(c1ccc(F)cc1)c1cc(C(F)(F)F)cc(F)c1-n1ccnc1NC(=O)C(F)(F)F. The Balaban J connectivity index is 2.21. The molecular formula is C19H9F8N3O2. The van der Waals surface area contributed by atoms with Crippen molar-refractivity contribution >= 4 is 17.6 Å². The van der Waals surface area contributed by atoms with Gasteiger partial charge >= 0.3 is 18.3 Å². The van der Waals surface area contributed by atoms with Gasteiger partial charge in [-0.2, -0.15) is 26.3 Å². The first kappa shape index (κ1) is 22.9. The molecule has 3 rings (SSSR count). The molecule has 0 aliphatic rings. The van der Waals surface area contributed by atoms with Gasteiger partial charge in [-0.25, -0.2) is 13.8 Å². The number of halogens is 8. The molecule has 0 spiro atoms. The Hall–Kier alpha value is -3.77. The van der Waals surface area contributed by atoms with Crippen molar-refractivity contribution in [2.45, 2.75) is 12.4 Å². The maximum Gasteiger partial charge on any atom is 0.471 e. The number of anilines is 1. The molecule has 0 saturated carbocycles. The Morgan fingerprint density at radius 2 is 1.56 bits per heavy atom. The number of carbonyl (C=O) groups is 2. The van der Waals surface area contributed by atoms with Crippen molar-refractivity contribution in [3.63, 3.8) is 0 Å². The molecule has 0 saturated heterocycles. The molecule has 0 radical (unpaired) electrons. The minimum Gasteiger partial charge on any atom is -0.289 e. The zero-order valence-corrected chi connectivity index (χ0v) is 15.4. The lowest BCUT2D eigenvalue weighted by Crippen LogP contribution is -2.31. The normalized spacial score (nSPS) is 12.0. The first-order chi connectivity index (χ1) is 14.8. The van der Waals surface area contributed by atoms with Gasteiger partial charge in [0.2, 0.25) is 5.95 Å². The van der Waals surface area contributed by atoms with E-state index in [0.717, 1.165) is 36.7 Å². The number of hydrogen-bond donors (Lipinski definition) is 1. The number of nitrogens with one attached hydrogen (secondary N) is 1. The van der Waals surface area contributed by atoms with Gasteiger partial charge in [-0.3, -0.25) is 19.5 Å². The number of alkyl halides is 6. The molecule has 1 heterocycles. The van der Waals surface area contributed by atoms with E-state index in [1.54, 1.807) is 0 Å². The summed E-state index contributed by atoms with van der Waals surface area (Å²) in [6, 6.07) is 3.86. The molecule has 2 aromatic carbocycles. The van der Waals surface area contributed by atoms with Gasteiger partial charge in [0.1, 0.15) is 11.6 Å². The van der Waals surface area contributed by atoms with Crippen molar-refractivity contribution in [1.29, 1.82) is 0 Å². The lowest BCUT2D eigenvalue weighted by molar-refractivity contribution is -0.167. The third-order valence-electron chi connectivity index (χ3n) is 4.11. The van der Waals surface area contributed by atoms with Crippen molar-refractivity contribution in [1.82, 2.24) is 9.55 Å².